The molecule has 0 saturated heterocycles. The van der Waals surface area contributed by atoms with Crippen LogP contribution in [0.2, 0.25) is 0 Å². The van der Waals surface area contributed by atoms with E-state index in [4.69, 9.17) is 15.7 Å². The molecule has 23 heavy (non-hydrogen) atoms. The minimum atomic E-state index is -0.760. The molecule has 0 aliphatic rings. The number of benzene rings is 2. The van der Waals surface area contributed by atoms with Gasteiger partial charge in [-0.15, -0.1) is 0 Å². The third-order valence-electron chi connectivity index (χ3n) is 2.94. The molecular weight excluding hydrogens is 424 g/mol. The molecule has 0 aromatic heterocycles. The Morgan fingerprint density at radius 2 is 1.83 bits per heavy atom. The SMILES string of the molecule is N#C/C(=C\c1cc(Br)c(OCc2ccccc2)c(Br)c1)C(N)=O. The minimum Gasteiger partial charge on any atom is -0.487 e. The summed E-state index contributed by atoms with van der Waals surface area (Å²) in [6.07, 6.45) is 1.43. The van der Waals surface area contributed by atoms with Crippen molar-refractivity contribution in [2.75, 3.05) is 0 Å². The van der Waals surface area contributed by atoms with Crippen LogP contribution in [0.25, 0.3) is 6.08 Å². The maximum absolute atomic E-state index is 11.1. The Bertz CT molecular complexity index is 773. The van der Waals surface area contributed by atoms with Gasteiger partial charge < -0.3 is 10.5 Å². The van der Waals surface area contributed by atoms with Crippen molar-refractivity contribution in [3.8, 4) is 11.8 Å². The summed E-state index contributed by atoms with van der Waals surface area (Å²) in [5.41, 5.74) is 6.74. The highest BCUT2D eigenvalue weighted by Crippen LogP contribution is 2.35. The Labute approximate surface area is 150 Å². The van der Waals surface area contributed by atoms with Crippen molar-refractivity contribution in [3.63, 3.8) is 0 Å². The Morgan fingerprint density at radius 3 is 2.35 bits per heavy atom. The van der Waals surface area contributed by atoms with Crippen LogP contribution in [0.1, 0.15) is 11.1 Å². The molecule has 0 aliphatic heterocycles. The number of carbonyl (C=O) groups excluding carboxylic acids is 1. The highest BCUT2D eigenvalue weighted by Gasteiger charge is 2.10. The fraction of sp³-hybridized carbons (Fsp3) is 0.0588. The van der Waals surface area contributed by atoms with Crippen molar-refractivity contribution in [3.05, 3.63) is 68.1 Å². The molecule has 2 aromatic carbocycles. The predicted octanol–water partition coefficient (Wildman–Crippen LogP) is 4.18. The Hall–Kier alpha value is -2.10. The van der Waals surface area contributed by atoms with E-state index in [2.05, 4.69) is 31.9 Å². The van der Waals surface area contributed by atoms with Crippen LogP contribution in [-0.2, 0) is 11.4 Å². The van der Waals surface area contributed by atoms with Gasteiger partial charge in [-0.1, -0.05) is 30.3 Å². The summed E-state index contributed by atoms with van der Waals surface area (Å²) < 4.78 is 7.23. The predicted molar refractivity (Wildman–Crippen MR) is 95.4 cm³/mol. The third kappa shape index (κ3) is 4.68. The molecule has 0 saturated carbocycles. The number of nitriles is 1. The van der Waals surface area contributed by atoms with E-state index in [-0.39, 0.29) is 5.57 Å². The van der Waals surface area contributed by atoms with Gasteiger partial charge in [-0.05, 0) is 61.2 Å². The van der Waals surface area contributed by atoms with Gasteiger partial charge in [0.2, 0.25) is 0 Å². The monoisotopic (exact) mass is 434 g/mol. The van der Waals surface area contributed by atoms with Crippen LogP contribution in [-0.4, -0.2) is 5.91 Å². The molecule has 0 bridgehead atoms. The molecule has 0 spiro atoms. The van der Waals surface area contributed by atoms with Crippen LogP contribution in [0.15, 0.2) is 57.0 Å². The number of nitrogens with two attached hydrogens (primary N) is 1. The molecule has 116 valence electrons. The second kappa shape index (κ2) is 7.95. The molecule has 6 heteroatoms. The van der Waals surface area contributed by atoms with Crippen LogP contribution >= 0.6 is 31.9 Å². The van der Waals surface area contributed by atoms with E-state index in [1.54, 1.807) is 18.2 Å². The number of halogens is 2. The van der Waals surface area contributed by atoms with Gasteiger partial charge in [-0.25, -0.2) is 0 Å². The zero-order valence-corrected chi connectivity index (χ0v) is 15.1. The topological polar surface area (TPSA) is 76.1 Å². The first-order valence-corrected chi connectivity index (χ1v) is 8.17. The first-order valence-electron chi connectivity index (χ1n) is 6.58. The summed E-state index contributed by atoms with van der Waals surface area (Å²) in [7, 11) is 0. The van der Waals surface area contributed by atoms with Gasteiger partial charge in [-0.3, -0.25) is 4.79 Å². The zero-order chi connectivity index (χ0) is 16.8. The molecule has 0 radical (unpaired) electrons. The van der Waals surface area contributed by atoms with Crippen molar-refractivity contribution in [2.24, 2.45) is 5.73 Å². The second-order valence-corrected chi connectivity index (χ2v) is 6.33. The summed E-state index contributed by atoms with van der Waals surface area (Å²) in [5, 5.41) is 8.89. The number of rotatable bonds is 5. The maximum Gasteiger partial charge on any atom is 0.259 e. The highest BCUT2D eigenvalue weighted by atomic mass is 79.9. The average Bonchev–Trinajstić information content (AvgIpc) is 2.52. The van der Waals surface area contributed by atoms with Gasteiger partial charge in [0.05, 0.1) is 8.95 Å². The standard InChI is InChI=1S/C17H12Br2N2O2/c18-14-7-12(6-13(9-20)17(21)22)8-15(19)16(14)23-10-11-4-2-1-3-5-11/h1-8H,10H2,(H2,21,22)/b13-6+. The number of amides is 1. The van der Waals surface area contributed by atoms with Crippen LogP contribution in [0.3, 0.4) is 0 Å². The van der Waals surface area contributed by atoms with E-state index in [1.165, 1.54) is 6.08 Å². The van der Waals surface area contributed by atoms with Crippen molar-refractivity contribution in [1.29, 1.82) is 5.26 Å². The lowest BCUT2D eigenvalue weighted by molar-refractivity contribution is -0.114. The number of carbonyl (C=O) groups is 1. The summed E-state index contributed by atoms with van der Waals surface area (Å²) >= 11 is 6.87. The molecule has 2 rings (SSSR count). The van der Waals surface area contributed by atoms with Crippen LogP contribution in [0, 0.1) is 11.3 Å². The quantitative estimate of drug-likeness (QED) is 0.565. The Morgan fingerprint density at radius 1 is 1.22 bits per heavy atom. The second-order valence-electron chi connectivity index (χ2n) is 4.62. The fourth-order valence-electron chi connectivity index (χ4n) is 1.86. The smallest absolute Gasteiger partial charge is 0.259 e. The van der Waals surface area contributed by atoms with E-state index in [0.717, 1.165) is 5.56 Å². The lowest BCUT2D eigenvalue weighted by atomic mass is 10.1. The molecule has 4 nitrogen and oxygen atoms in total. The highest BCUT2D eigenvalue weighted by molar-refractivity contribution is 9.11. The van der Waals surface area contributed by atoms with E-state index in [9.17, 15) is 4.79 Å². The minimum absolute atomic E-state index is 0.109. The lowest BCUT2D eigenvalue weighted by Gasteiger charge is -2.11. The molecule has 2 aromatic rings. The summed E-state index contributed by atoms with van der Waals surface area (Å²) in [4.78, 5) is 11.1. The summed E-state index contributed by atoms with van der Waals surface area (Å²) in [5.74, 6) is -0.118. The van der Waals surface area contributed by atoms with Gasteiger partial charge in [0.15, 0.2) is 0 Å². The average molecular weight is 436 g/mol. The largest absolute Gasteiger partial charge is 0.487 e. The molecule has 0 fully saturated rings. The number of hydrogen-bond donors (Lipinski definition) is 1. The van der Waals surface area contributed by atoms with Crippen LogP contribution < -0.4 is 10.5 Å². The molecule has 2 N–H and O–H groups in total. The summed E-state index contributed by atoms with van der Waals surface area (Å²) in [6, 6.07) is 15.1. The number of ether oxygens (including phenoxy) is 1. The number of primary amides is 1. The molecule has 1 amide bonds. The normalized spacial score (nSPS) is 10.9. The first-order chi connectivity index (χ1) is 11.0. The Kier molecular flexibility index (Phi) is 5.97. The fourth-order valence-corrected chi connectivity index (χ4v) is 3.31. The van der Waals surface area contributed by atoms with Gasteiger partial charge in [-0.2, -0.15) is 5.26 Å². The third-order valence-corrected chi connectivity index (χ3v) is 4.12. The van der Waals surface area contributed by atoms with Gasteiger partial charge in [0, 0.05) is 0 Å². The van der Waals surface area contributed by atoms with Crippen molar-refractivity contribution < 1.29 is 9.53 Å². The van der Waals surface area contributed by atoms with E-state index in [0.29, 0.717) is 26.9 Å². The van der Waals surface area contributed by atoms with Crippen molar-refractivity contribution in [2.45, 2.75) is 6.61 Å². The molecule has 0 aliphatic carbocycles. The Balaban J connectivity index is 2.24. The molecule has 0 unspecified atom stereocenters. The first kappa shape index (κ1) is 17.3. The van der Waals surface area contributed by atoms with E-state index in [1.807, 2.05) is 30.3 Å². The van der Waals surface area contributed by atoms with Crippen LogP contribution in [0.5, 0.6) is 5.75 Å². The van der Waals surface area contributed by atoms with Crippen molar-refractivity contribution >= 4 is 43.8 Å². The lowest BCUT2D eigenvalue weighted by Crippen LogP contribution is -2.12. The zero-order valence-electron chi connectivity index (χ0n) is 11.9. The van der Waals surface area contributed by atoms with E-state index >= 15 is 0 Å². The molecular formula is C17H12Br2N2O2. The number of nitrogens with zero attached hydrogens (tertiary/aromatic N) is 1. The number of hydrogen-bond acceptors (Lipinski definition) is 3. The molecule has 0 atom stereocenters. The molecule has 0 heterocycles. The van der Waals surface area contributed by atoms with Crippen molar-refractivity contribution in [1.82, 2.24) is 0 Å². The maximum atomic E-state index is 11.1. The van der Waals surface area contributed by atoms with Crippen LogP contribution in [0.4, 0.5) is 0 Å². The van der Waals surface area contributed by atoms with Gasteiger partial charge in [0.1, 0.15) is 24.0 Å². The summed E-state index contributed by atoms with van der Waals surface area (Å²) in [6.45, 7) is 0.429. The van der Waals surface area contributed by atoms with Gasteiger partial charge in [0.25, 0.3) is 5.91 Å². The van der Waals surface area contributed by atoms with E-state index < -0.39 is 5.91 Å². The van der Waals surface area contributed by atoms with Gasteiger partial charge >= 0.3 is 0 Å².